The maximum Gasteiger partial charge on any atom is 0.389 e. The third-order valence-electron chi connectivity index (χ3n) is 6.51. The van der Waals surface area contributed by atoms with Gasteiger partial charge in [0, 0.05) is 6.42 Å². The van der Waals surface area contributed by atoms with Crippen molar-refractivity contribution in [1.82, 2.24) is 0 Å². The predicted octanol–water partition coefficient (Wildman–Crippen LogP) is 8.93. The summed E-state index contributed by atoms with van der Waals surface area (Å²) in [7, 11) is 0. The van der Waals surface area contributed by atoms with E-state index in [2.05, 4.69) is 31.2 Å². The summed E-state index contributed by atoms with van der Waals surface area (Å²) in [5.41, 5.74) is 3.69. The Morgan fingerprint density at radius 1 is 0.806 bits per heavy atom. The van der Waals surface area contributed by atoms with Gasteiger partial charge in [0.05, 0.1) is 6.61 Å². The molecule has 0 atom stereocenters. The smallest absolute Gasteiger partial charge is 0.389 e. The van der Waals surface area contributed by atoms with Gasteiger partial charge in [-0.2, -0.15) is 13.2 Å². The zero-order chi connectivity index (χ0) is 22.1. The zero-order valence-corrected chi connectivity index (χ0v) is 18.6. The summed E-state index contributed by atoms with van der Waals surface area (Å²) >= 11 is 0. The average molecular weight is 433 g/mol. The van der Waals surface area contributed by atoms with E-state index in [1.54, 1.807) is 0 Å². The first kappa shape index (κ1) is 23.7. The van der Waals surface area contributed by atoms with Crippen molar-refractivity contribution in [3.05, 3.63) is 54.1 Å². The van der Waals surface area contributed by atoms with Crippen molar-refractivity contribution >= 4 is 0 Å². The van der Waals surface area contributed by atoms with E-state index in [9.17, 15) is 13.2 Å². The minimum Gasteiger partial charge on any atom is -0.494 e. The normalized spacial score (nSPS) is 19.4. The molecule has 0 saturated heterocycles. The topological polar surface area (TPSA) is 9.23 Å². The quantitative estimate of drug-likeness (QED) is 0.341. The Balaban J connectivity index is 1.47. The highest BCUT2D eigenvalue weighted by Crippen LogP contribution is 2.38. The van der Waals surface area contributed by atoms with Crippen molar-refractivity contribution in [2.45, 2.75) is 83.2 Å². The number of alkyl halides is 3. The van der Waals surface area contributed by atoms with Gasteiger partial charge in [-0.05, 0) is 72.8 Å². The first-order valence-electron chi connectivity index (χ1n) is 11.8. The molecule has 4 heteroatoms. The molecule has 0 amide bonds. The second-order valence-electron chi connectivity index (χ2n) is 8.93. The molecule has 2 aromatic rings. The van der Waals surface area contributed by atoms with Crippen LogP contribution in [0.3, 0.4) is 0 Å². The molecule has 0 N–H and O–H groups in total. The number of hydrogen-bond donors (Lipinski definition) is 0. The molecule has 1 aliphatic rings. The van der Waals surface area contributed by atoms with Gasteiger partial charge in [0.1, 0.15) is 5.75 Å². The molecule has 2 aromatic carbocycles. The summed E-state index contributed by atoms with van der Waals surface area (Å²) in [6, 6.07) is 16.5. The molecule has 0 spiro atoms. The van der Waals surface area contributed by atoms with E-state index in [1.165, 1.54) is 56.9 Å². The van der Waals surface area contributed by atoms with Crippen molar-refractivity contribution in [2.24, 2.45) is 5.92 Å². The van der Waals surface area contributed by atoms with Crippen LogP contribution in [-0.4, -0.2) is 12.8 Å². The Morgan fingerprint density at radius 2 is 1.42 bits per heavy atom. The lowest BCUT2D eigenvalue weighted by Crippen LogP contribution is -2.13. The van der Waals surface area contributed by atoms with Gasteiger partial charge in [-0.1, -0.05) is 69.0 Å². The van der Waals surface area contributed by atoms with Crippen molar-refractivity contribution < 1.29 is 17.9 Å². The zero-order valence-electron chi connectivity index (χ0n) is 18.6. The first-order chi connectivity index (χ1) is 14.9. The van der Waals surface area contributed by atoms with Crippen molar-refractivity contribution in [1.29, 1.82) is 0 Å². The van der Waals surface area contributed by atoms with Gasteiger partial charge in [0.25, 0.3) is 0 Å². The number of benzene rings is 2. The van der Waals surface area contributed by atoms with Crippen LogP contribution >= 0.6 is 0 Å². The predicted molar refractivity (Wildman–Crippen MR) is 122 cm³/mol. The lowest BCUT2D eigenvalue weighted by atomic mass is 9.77. The van der Waals surface area contributed by atoms with Crippen LogP contribution in [0.15, 0.2) is 48.5 Å². The maximum absolute atomic E-state index is 12.2. The fraction of sp³-hybridized carbons (Fsp3) is 0.556. The molecule has 0 aromatic heterocycles. The van der Waals surface area contributed by atoms with E-state index in [4.69, 9.17) is 4.74 Å². The highest BCUT2D eigenvalue weighted by molar-refractivity contribution is 5.64. The first-order valence-corrected chi connectivity index (χ1v) is 11.8. The summed E-state index contributed by atoms with van der Waals surface area (Å²) in [6.07, 6.45) is 5.85. The van der Waals surface area contributed by atoms with Gasteiger partial charge >= 0.3 is 6.18 Å². The molecule has 1 saturated carbocycles. The van der Waals surface area contributed by atoms with Crippen molar-refractivity contribution in [3.8, 4) is 16.9 Å². The molecular formula is C27H35F3O. The Labute approximate surface area is 185 Å². The number of ether oxygens (including phenoxy) is 1. The summed E-state index contributed by atoms with van der Waals surface area (Å²) in [4.78, 5) is 0. The van der Waals surface area contributed by atoms with Gasteiger partial charge in [-0.15, -0.1) is 0 Å². The lowest BCUT2D eigenvalue weighted by Gasteiger charge is -2.29. The van der Waals surface area contributed by atoms with E-state index >= 15 is 0 Å². The molecule has 0 bridgehead atoms. The monoisotopic (exact) mass is 432 g/mol. The van der Waals surface area contributed by atoms with Crippen LogP contribution in [0.25, 0.3) is 11.1 Å². The second-order valence-corrected chi connectivity index (χ2v) is 8.93. The SMILES string of the molecule is CCCCCC1CCC(c2ccc(-c3ccc(OCCCC(F)(F)F)cc3)cc2)CC1. The number of halogens is 3. The highest BCUT2D eigenvalue weighted by Gasteiger charge is 2.26. The molecule has 31 heavy (non-hydrogen) atoms. The Kier molecular flexibility index (Phi) is 8.86. The second kappa shape index (κ2) is 11.6. The molecule has 170 valence electrons. The van der Waals surface area contributed by atoms with Gasteiger partial charge in [-0.25, -0.2) is 0 Å². The number of hydrogen-bond acceptors (Lipinski definition) is 1. The molecule has 3 rings (SSSR count). The van der Waals surface area contributed by atoms with Crippen LogP contribution in [0.2, 0.25) is 0 Å². The van der Waals surface area contributed by atoms with Crippen LogP contribution < -0.4 is 4.74 Å². The third-order valence-corrected chi connectivity index (χ3v) is 6.51. The third kappa shape index (κ3) is 7.90. The summed E-state index contributed by atoms with van der Waals surface area (Å²) in [5.74, 6) is 2.22. The van der Waals surface area contributed by atoms with Crippen molar-refractivity contribution in [3.63, 3.8) is 0 Å². The fourth-order valence-corrected chi connectivity index (χ4v) is 4.62. The molecule has 1 fully saturated rings. The van der Waals surface area contributed by atoms with E-state index in [0.29, 0.717) is 11.7 Å². The Morgan fingerprint density at radius 3 is 2.00 bits per heavy atom. The maximum atomic E-state index is 12.2. The Hall–Kier alpha value is -1.97. The van der Waals surface area contributed by atoms with Gasteiger partial charge in [0.2, 0.25) is 0 Å². The average Bonchev–Trinajstić information content (AvgIpc) is 2.77. The van der Waals surface area contributed by atoms with E-state index in [0.717, 1.165) is 17.0 Å². The van der Waals surface area contributed by atoms with Crippen LogP contribution in [-0.2, 0) is 0 Å². The van der Waals surface area contributed by atoms with E-state index < -0.39 is 12.6 Å². The van der Waals surface area contributed by atoms with Crippen LogP contribution in [0, 0.1) is 5.92 Å². The van der Waals surface area contributed by atoms with Gasteiger partial charge in [-0.3, -0.25) is 0 Å². The van der Waals surface area contributed by atoms with Crippen LogP contribution in [0.4, 0.5) is 13.2 Å². The van der Waals surface area contributed by atoms with E-state index in [1.807, 2.05) is 24.3 Å². The summed E-state index contributed by atoms with van der Waals surface area (Å²) in [6.45, 7) is 2.35. The summed E-state index contributed by atoms with van der Waals surface area (Å²) in [5, 5.41) is 0. The molecule has 0 unspecified atom stereocenters. The van der Waals surface area contributed by atoms with Crippen molar-refractivity contribution in [2.75, 3.05) is 6.61 Å². The number of unbranched alkanes of at least 4 members (excludes halogenated alkanes) is 2. The minimum atomic E-state index is -4.12. The standard InChI is InChI=1S/C27H35F3O/c1-2-3-4-6-21-7-9-22(10-8-21)23-11-13-24(14-12-23)25-15-17-26(18-16-25)31-20-5-19-27(28,29)30/h11-18,21-22H,2-10,19-20H2,1H3. The highest BCUT2D eigenvalue weighted by atomic mass is 19.4. The van der Waals surface area contributed by atoms with E-state index in [-0.39, 0.29) is 13.0 Å². The minimum absolute atomic E-state index is 0.0205. The van der Waals surface area contributed by atoms with Crippen LogP contribution in [0.5, 0.6) is 5.75 Å². The fourth-order valence-electron chi connectivity index (χ4n) is 4.62. The lowest BCUT2D eigenvalue weighted by molar-refractivity contribution is -0.136. The van der Waals surface area contributed by atoms with Gasteiger partial charge in [0.15, 0.2) is 0 Å². The Bertz CT molecular complexity index is 757. The molecule has 1 aliphatic carbocycles. The summed E-state index contributed by atoms with van der Waals surface area (Å²) < 4.78 is 42.0. The molecule has 0 heterocycles. The van der Waals surface area contributed by atoms with Crippen LogP contribution in [0.1, 0.15) is 82.6 Å². The molecular weight excluding hydrogens is 397 g/mol. The molecule has 1 nitrogen and oxygen atoms in total. The number of rotatable bonds is 10. The van der Waals surface area contributed by atoms with Gasteiger partial charge < -0.3 is 4.74 Å². The molecule has 0 aliphatic heterocycles. The molecule has 0 radical (unpaired) electrons. The largest absolute Gasteiger partial charge is 0.494 e.